The number of fused-ring (bicyclic) bond motifs is 1. The highest BCUT2D eigenvalue weighted by Crippen LogP contribution is 2.60. The number of carbonyl (C=O) groups excluding carboxylic acids is 1. The Hall–Kier alpha value is -1.37. The SMILES string of the molecule is C=C(Br)C[C@@H](CC[C@@]12C[C@H]3O[C@@]4(O1)[C@@H](O)[C@H]1OC(CCO)CC[C@@H]1O[C@H]4[C@H]3O2)OC(=O)c1ccccc1. The molecule has 1 aromatic rings. The van der Waals surface area contributed by atoms with Gasteiger partial charge in [0.15, 0.2) is 5.79 Å². The fourth-order valence-corrected chi connectivity index (χ4v) is 6.89. The number of aliphatic hydroxyl groups excluding tert-OH is 2. The largest absolute Gasteiger partial charge is 0.458 e. The van der Waals surface area contributed by atoms with Gasteiger partial charge < -0.3 is 38.6 Å². The molecular formula is C27H33BrO9. The number of ether oxygens (including phenoxy) is 6. The Kier molecular flexibility index (Phi) is 6.99. The molecule has 0 radical (unpaired) electrons. The van der Waals surface area contributed by atoms with Crippen molar-refractivity contribution in [2.24, 2.45) is 0 Å². The molecule has 6 aliphatic rings. The first kappa shape index (κ1) is 25.9. The maximum atomic E-state index is 12.7. The molecule has 6 fully saturated rings. The molecule has 6 heterocycles. The molecule has 1 unspecified atom stereocenters. The first-order chi connectivity index (χ1) is 17.8. The van der Waals surface area contributed by atoms with Crippen molar-refractivity contribution in [3.63, 3.8) is 0 Å². The first-order valence-corrected chi connectivity index (χ1v) is 13.9. The van der Waals surface area contributed by atoms with Crippen LogP contribution >= 0.6 is 15.9 Å². The number of hydrogen-bond donors (Lipinski definition) is 2. The van der Waals surface area contributed by atoms with Crippen LogP contribution in [0.4, 0.5) is 0 Å². The summed E-state index contributed by atoms with van der Waals surface area (Å²) in [7, 11) is 0. The monoisotopic (exact) mass is 580 g/mol. The Bertz CT molecular complexity index is 1020. The predicted molar refractivity (Wildman–Crippen MR) is 133 cm³/mol. The molecule has 2 N–H and O–H groups in total. The topological polar surface area (TPSA) is 113 Å². The molecule has 1 aromatic carbocycles. The summed E-state index contributed by atoms with van der Waals surface area (Å²) in [6, 6.07) is 8.87. The minimum absolute atomic E-state index is 0.0255. The van der Waals surface area contributed by atoms with E-state index in [1.165, 1.54) is 0 Å². The van der Waals surface area contributed by atoms with Gasteiger partial charge in [-0.2, -0.15) is 0 Å². The molecule has 10 atom stereocenters. The van der Waals surface area contributed by atoms with Crippen LogP contribution in [0.2, 0.25) is 0 Å². The van der Waals surface area contributed by atoms with Crippen molar-refractivity contribution in [1.29, 1.82) is 0 Å². The summed E-state index contributed by atoms with van der Waals surface area (Å²) in [5.41, 5.74) is 0.484. The average Bonchev–Trinajstić information content (AvgIpc) is 3.27. The molecule has 0 saturated carbocycles. The highest BCUT2D eigenvalue weighted by Gasteiger charge is 2.77. The number of rotatable bonds is 9. The summed E-state index contributed by atoms with van der Waals surface area (Å²) in [4.78, 5) is 12.7. The number of benzene rings is 1. The molecule has 9 nitrogen and oxygen atoms in total. The van der Waals surface area contributed by atoms with Gasteiger partial charge in [0.2, 0.25) is 5.79 Å². The average molecular weight is 581 g/mol. The number of halogens is 1. The molecule has 202 valence electrons. The zero-order valence-corrected chi connectivity index (χ0v) is 22.1. The Morgan fingerprint density at radius 2 is 1.97 bits per heavy atom. The van der Waals surface area contributed by atoms with E-state index in [2.05, 4.69) is 22.5 Å². The predicted octanol–water partition coefficient (Wildman–Crippen LogP) is 2.96. The minimum Gasteiger partial charge on any atom is -0.458 e. The van der Waals surface area contributed by atoms with Crippen molar-refractivity contribution in [2.75, 3.05) is 6.61 Å². The maximum Gasteiger partial charge on any atom is 0.338 e. The Morgan fingerprint density at radius 1 is 1.16 bits per heavy atom. The molecule has 0 aliphatic carbocycles. The normalized spacial score (nSPS) is 42.2. The van der Waals surface area contributed by atoms with E-state index in [1.807, 2.05) is 6.07 Å². The Labute approximate surface area is 224 Å². The van der Waals surface area contributed by atoms with Crippen molar-refractivity contribution >= 4 is 21.9 Å². The van der Waals surface area contributed by atoms with E-state index >= 15 is 0 Å². The number of esters is 1. The van der Waals surface area contributed by atoms with Gasteiger partial charge in [0, 0.05) is 25.9 Å². The van der Waals surface area contributed by atoms with Crippen molar-refractivity contribution < 1.29 is 43.4 Å². The third-order valence-electron chi connectivity index (χ3n) is 8.17. The lowest BCUT2D eigenvalue weighted by Gasteiger charge is -2.56. The molecule has 0 aromatic heterocycles. The van der Waals surface area contributed by atoms with E-state index in [0.29, 0.717) is 37.7 Å². The van der Waals surface area contributed by atoms with Crippen molar-refractivity contribution in [2.45, 2.75) is 105 Å². The van der Waals surface area contributed by atoms with E-state index in [0.717, 1.165) is 17.3 Å². The lowest BCUT2D eigenvalue weighted by Crippen LogP contribution is -2.73. The van der Waals surface area contributed by atoms with E-state index in [4.69, 9.17) is 28.4 Å². The van der Waals surface area contributed by atoms with Crippen LogP contribution in [0.25, 0.3) is 0 Å². The van der Waals surface area contributed by atoms with Gasteiger partial charge in [-0.3, -0.25) is 0 Å². The Morgan fingerprint density at radius 3 is 2.73 bits per heavy atom. The van der Waals surface area contributed by atoms with Crippen LogP contribution in [0.15, 0.2) is 41.4 Å². The van der Waals surface area contributed by atoms with E-state index in [-0.39, 0.29) is 31.0 Å². The summed E-state index contributed by atoms with van der Waals surface area (Å²) in [6.45, 7) is 3.94. The molecule has 10 heteroatoms. The highest BCUT2D eigenvalue weighted by molar-refractivity contribution is 9.11. The number of aliphatic hydroxyl groups is 2. The second kappa shape index (κ2) is 9.98. The van der Waals surface area contributed by atoms with Crippen LogP contribution in [-0.2, 0) is 28.4 Å². The lowest BCUT2D eigenvalue weighted by molar-refractivity contribution is -0.465. The van der Waals surface area contributed by atoms with Crippen molar-refractivity contribution in [3.8, 4) is 0 Å². The zero-order chi connectivity index (χ0) is 25.8. The van der Waals surface area contributed by atoms with Gasteiger partial charge in [-0.25, -0.2) is 4.79 Å². The van der Waals surface area contributed by atoms with Crippen LogP contribution in [0, 0.1) is 0 Å². The van der Waals surface area contributed by atoms with Crippen LogP contribution in [-0.4, -0.2) is 83.2 Å². The van der Waals surface area contributed by atoms with Crippen LogP contribution in [0.1, 0.15) is 55.3 Å². The van der Waals surface area contributed by atoms with Gasteiger partial charge in [0.25, 0.3) is 0 Å². The molecular weight excluding hydrogens is 548 g/mol. The summed E-state index contributed by atoms with van der Waals surface area (Å²) < 4.78 is 38.2. The smallest absolute Gasteiger partial charge is 0.338 e. The van der Waals surface area contributed by atoms with Gasteiger partial charge in [0.1, 0.15) is 30.5 Å². The van der Waals surface area contributed by atoms with E-state index in [9.17, 15) is 15.0 Å². The molecule has 4 bridgehead atoms. The second-order valence-corrected chi connectivity index (χ2v) is 11.8. The summed E-state index contributed by atoms with van der Waals surface area (Å²) in [6.07, 6.45) is 0.182. The fraction of sp³-hybridized carbons (Fsp3) is 0.667. The van der Waals surface area contributed by atoms with Gasteiger partial charge in [-0.05, 0) is 42.3 Å². The molecule has 6 saturated heterocycles. The number of hydrogen-bond acceptors (Lipinski definition) is 9. The van der Waals surface area contributed by atoms with Crippen LogP contribution in [0.5, 0.6) is 0 Å². The van der Waals surface area contributed by atoms with Crippen molar-refractivity contribution in [1.82, 2.24) is 0 Å². The lowest BCUT2D eigenvalue weighted by atomic mass is 9.85. The first-order valence-electron chi connectivity index (χ1n) is 13.1. The second-order valence-electron chi connectivity index (χ2n) is 10.7. The maximum absolute atomic E-state index is 12.7. The molecule has 6 aliphatic heterocycles. The van der Waals surface area contributed by atoms with E-state index in [1.54, 1.807) is 24.3 Å². The quantitative estimate of drug-likeness (QED) is 0.425. The third-order valence-corrected chi connectivity index (χ3v) is 8.49. The minimum atomic E-state index is -1.37. The van der Waals surface area contributed by atoms with Crippen LogP contribution in [0.3, 0.4) is 0 Å². The fourth-order valence-electron chi connectivity index (χ4n) is 6.53. The summed E-state index contributed by atoms with van der Waals surface area (Å²) >= 11 is 3.40. The highest BCUT2D eigenvalue weighted by atomic mass is 79.9. The number of carbonyl (C=O) groups is 1. The van der Waals surface area contributed by atoms with E-state index < -0.39 is 42.0 Å². The van der Waals surface area contributed by atoms with Crippen LogP contribution < -0.4 is 0 Å². The van der Waals surface area contributed by atoms with Gasteiger partial charge >= 0.3 is 5.97 Å². The molecule has 37 heavy (non-hydrogen) atoms. The van der Waals surface area contributed by atoms with Gasteiger partial charge in [-0.1, -0.05) is 40.7 Å². The van der Waals surface area contributed by atoms with Crippen molar-refractivity contribution in [3.05, 3.63) is 47.0 Å². The third kappa shape index (κ3) is 4.59. The van der Waals surface area contributed by atoms with Gasteiger partial charge in [-0.15, -0.1) is 0 Å². The molecule has 7 rings (SSSR count). The zero-order valence-electron chi connectivity index (χ0n) is 20.5. The standard InChI is InChI=1S/C27H33BrO9/c1-15(28)13-18(33-25(31)16-5-3-2-4-6-16)9-11-26-14-20-22(36-26)24-27(35-20,37-26)23(30)21-19(34-24)8-7-17(32-21)10-12-29/h2-6,17-24,29-30H,1,7-14H2/t17?,18-,19+,20-,21+,22+,23+,24+,26+,27-/m1/s1. The van der Waals surface area contributed by atoms with Gasteiger partial charge in [0.05, 0.1) is 23.9 Å². The molecule has 1 spiro atoms. The Balaban J connectivity index is 1.16. The summed E-state index contributed by atoms with van der Waals surface area (Å²) in [5, 5.41) is 20.8. The molecule has 0 amide bonds. The summed E-state index contributed by atoms with van der Waals surface area (Å²) in [5.74, 6) is -2.75.